The highest BCUT2D eigenvalue weighted by atomic mass is 16.5. The molecule has 1 amide bonds. The first kappa shape index (κ1) is 15.4. The maximum atomic E-state index is 11.5. The number of aromatic nitrogens is 1. The van der Waals surface area contributed by atoms with Gasteiger partial charge in [0.1, 0.15) is 12.4 Å². The molecule has 5 heteroatoms. The maximum Gasteiger partial charge on any atom is 0.407 e. The van der Waals surface area contributed by atoms with Crippen LogP contribution in [-0.2, 0) is 11.3 Å². The molecule has 0 aliphatic heterocycles. The fraction of sp³-hybridized carbons (Fsp3) is 0.176. The van der Waals surface area contributed by atoms with Crippen molar-refractivity contribution < 1.29 is 14.6 Å². The molecule has 0 saturated heterocycles. The lowest BCUT2D eigenvalue weighted by molar-refractivity contribution is 0.140. The van der Waals surface area contributed by atoms with Gasteiger partial charge in [-0.25, -0.2) is 9.78 Å². The van der Waals surface area contributed by atoms with Crippen molar-refractivity contribution in [2.75, 3.05) is 6.54 Å². The first-order valence-electron chi connectivity index (χ1n) is 6.83. The van der Waals surface area contributed by atoms with Gasteiger partial charge >= 0.3 is 6.09 Å². The lowest BCUT2D eigenvalue weighted by Crippen LogP contribution is -2.24. The first-order chi connectivity index (χ1) is 10.8. The van der Waals surface area contributed by atoms with Crippen LogP contribution in [-0.4, -0.2) is 22.7 Å². The Morgan fingerprint density at radius 1 is 1.23 bits per heavy atom. The summed E-state index contributed by atoms with van der Waals surface area (Å²) in [5.74, 6) is 5.62. The van der Waals surface area contributed by atoms with Crippen molar-refractivity contribution in [3.05, 3.63) is 59.9 Å². The van der Waals surface area contributed by atoms with E-state index in [0.29, 0.717) is 18.7 Å². The molecule has 2 aromatic rings. The minimum atomic E-state index is -0.480. The molecule has 0 aliphatic rings. The van der Waals surface area contributed by atoms with Gasteiger partial charge in [-0.3, -0.25) is 0 Å². The molecule has 0 unspecified atom stereocenters. The smallest absolute Gasteiger partial charge is 0.407 e. The quantitative estimate of drug-likeness (QED) is 0.671. The molecule has 2 N–H and O–H groups in total. The van der Waals surface area contributed by atoms with Gasteiger partial charge in [0, 0.05) is 19.2 Å². The number of nitrogens with one attached hydrogen (secondary N) is 1. The summed E-state index contributed by atoms with van der Waals surface area (Å²) in [6, 6.07) is 12.6. The maximum absolute atomic E-state index is 11.5. The van der Waals surface area contributed by atoms with Crippen molar-refractivity contribution in [2.45, 2.75) is 13.0 Å². The molecule has 0 saturated carbocycles. The van der Waals surface area contributed by atoms with Crippen molar-refractivity contribution in [3.8, 4) is 17.6 Å². The monoisotopic (exact) mass is 296 g/mol. The molecular formula is C17H16N2O3. The molecule has 0 aliphatic carbocycles. The average Bonchev–Trinajstić information content (AvgIpc) is 2.55. The second kappa shape index (κ2) is 8.32. The molecule has 0 atom stereocenters. The Bertz CT molecular complexity index is 675. The van der Waals surface area contributed by atoms with Crippen molar-refractivity contribution >= 4 is 6.09 Å². The summed E-state index contributed by atoms with van der Waals surface area (Å²) in [7, 11) is 0. The Kier molecular flexibility index (Phi) is 5.82. The van der Waals surface area contributed by atoms with Crippen LogP contribution in [0, 0.1) is 11.8 Å². The number of amides is 1. The van der Waals surface area contributed by atoms with Gasteiger partial charge in [-0.2, -0.15) is 0 Å². The lowest BCUT2D eigenvalue weighted by Gasteiger charge is -2.05. The Labute approximate surface area is 129 Å². The molecule has 5 nitrogen and oxygen atoms in total. The number of aromatic hydroxyl groups is 1. The molecule has 112 valence electrons. The zero-order valence-electron chi connectivity index (χ0n) is 12.0. The van der Waals surface area contributed by atoms with Crippen molar-refractivity contribution in [3.63, 3.8) is 0 Å². The largest absolute Gasteiger partial charge is 0.505 e. The van der Waals surface area contributed by atoms with E-state index in [1.807, 2.05) is 30.3 Å². The van der Waals surface area contributed by atoms with E-state index in [-0.39, 0.29) is 12.4 Å². The summed E-state index contributed by atoms with van der Waals surface area (Å²) in [6.45, 7) is 0.606. The van der Waals surface area contributed by atoms with Crippen molar-refractivity contribution in [2.24, 2.45) is 0 Å². The van der Waals surface area contributed by atoms with Gasteiger partial charge in [-0.05, 0) is 23.6 Å². The van der Waals surface area contributed by atoms with Crippen LogP contribution in [0.3, 0.4) is 0 Å². The fourth-order valence-corrected chi connectivity index (χ4v) is 1.64. The van der Waals surface area contributed by atoms with Gasteiger partial charge in [0.2, 0.25) is 0 Å². The van der Waals surface area contributed by atoms with Gasteiger partial charge < -0.3 is 15.2 Å². The number of hydrogen-bond donors (Lipinski definition) is 2. The summed E-state index contributed by atoms with van der Waals surface area (Å²) >= 11 is 0. The highest BCUT2D eigenvalue weighted by Crippen LogP contribution is 2.10. The van der Waals surface area contributed by atoms with Crippen LogP contribution in [0.15, 0.2) is 48.7 Å². The minimum absolute atomic E-state index is 0.0465. The van der Waals surface area contributed by atoms with Crippen molar-refractivity contribution in [1.29, 1.82) is 0 Å². The second-order valence-corrected chi connectivity index (χ2v) is 4.41. The van der Waals surface area contributed by atoms with Gasteiger partial charge in [0.05, 0.1) is 0 Å². The molecule has 0 bridgehead atoms. The van der Waals surface area contributed by atoms with E-state index in [0.717, 1.165) is 5.56 Å². The molecule has 1 aromatic carbocycles. The minimum Gasteiger partial charge on any atom is -0.505 e. The summed E-state index contributed by atoms with van der Waals surface area (Å²) in [5.41, 5.74) is 1.26. The van der Waals surface area contributed by atoms with E-state index in [1.165, 1.54) is 6.07 Å². The van der Waals surface area contributed by atoms with E-state index in [1.54, 1.807) is 12.3 Å². The fourth-order valence-electron chi connectivity index (χ4n) is 1.64. The lowest BCUT2D eigenvalue weighted by atomic mass is 10.2. The number of benzene rings is 1. The van der Waals surface area contributed by atoms with Gasteiger partial charge in [-0.15, -0.1) is 0 Å². The van der Waals surface area contributed by atoms with Crippen LogP contribution >= 0.6 is 0 Å². The van der Waals surface area contributed by atoms with Crippen LogP contribution in [0.4, 0.5) is 4.79 Å². The van der Waals surface area contributed by atoms with Gasteiger partial charge in [0.15, 0.2) is 5.69 Å². The molecule has 0 radical (unpaired) electrons. The highest BCUT2D eigenvalue weighted by molar-refractivity contribution is 5.67. The molecule has 2 rings (SSSR count). The summed E-state index contributed by atoms with van der Waals surface area (Å²) in [4.78, 5) is 15.4. The number of carbonyl (C=O) groups excluding carboxylic acids is 1. The predicted molar refractivity (Wildman–Crippen MR) is 82.0 cm³/mol. The third-order valence-corrected chi connectivity index (χ3v) is 2.73. The highest BCUT2D eigenvalue weighted by Gasteiger charge is 2.00. The summed E-state index contributed by atoms with van der Waals surface area (Å²) in [6.07, 6.45) is 1.52. The molecule has 1 heterocycles. The third-order valence-electron chi connectivity index (χ3n) is 2.73. The zero-order valence-corrected chi connectivity index (χ0v) is 12.0. The number of nitrogens with zero attached hydrogens (tertiary/aromatic N) is 1. The topological polar surface area (TPSA) is 71.5 Å². The Balaban J connectivity index is 1.67. The Hall–Kier alpha value is -3.00. The van der Waals surface area contributed by atoms with Crippen LogP contribution in [0.1, 0.15) is 17.7 Å². The van der Waals surface area contributed by atoms with Crippen LogP contribution in [0.25, 0.3) is 0 Å². The molecule has 0 fully saturated rings. The number of rotatable bonds is 4. The van der Waals surface area contributed by atoms with Crippen molar-refractivity contribution in [1.82, 2.24) is 10.3 Å². The first-order valence-corrected chi connectivity index (χ1v) is 6.83. The summed E-state index contributed by atoms with van der Waals surface area (Å²) in [5, 5.41) is 12.1. The van der Waals surface area contributed by atoms with E-state index >= 15 is 0 Å². The third kappa shape index (κ3) is 5.17. The van der Waals surface area contributed by atoms with E-state index in [9.17, 15) is 9.90 Å². The Morgan fingerprint density at radius 3 is 2.82 bits per heavy atom. The molecule has 1 aromatic heterocycles. The van der Waals surface area contributed by atoms with Crippen LogP contribution in [0.5, 0.6) is 5.75 Å². The van der Waals surface area contributed by atoms with Gasteiger partial charge in [0.25, 0.3) is 0 Å². The predicted octanol–water partition coefficient (Wildman–Crippen LogP) is 2.46. The standard InChI is InChI=1S/C17H16N2O3/c20-16-10-6-12-18-15(16)9-4-5-11-19-17(21)22-13-14-7-2-1-3-8-14/h1-3,6-8,10,12,20H,5,11,13H2,(H,19,21). The molecule has 0 spiro atoms. The van der Waals surface area contributed by atoms with Gasteiger partial charge in [-0.1, -0.05) is 36.3 Å². The SMILES string of the molecule is O=C(NCCC#Cc1ncccc1O)OCc1ccccc1. The zero-order chi connectivity index (χ0) is 15.6. The normalized spacial score (nSPS) is 9.45. The van der Waals surface area contributed by atoms with Crippen LogP contribution in [0.2, 0.25) is 0 Å². The van der Waals surface area contributed by atoms with E-state index in [4.69, 9.17) is 4.74 Å². The second-order valence-electron chi connectivity index (χ2n) is 4.41. The number of carbonyl (C=O) groups is 1. The number of hydrogen-bond acceptors (Lipinski definition) is 4. The summed E-state index contributed by atoms with van der Waals surface area (Å²) < 4.78 is 5.06. The molecule has 22 heavy (non-hydrogen) atoms. The molecular weight excluding hydrogens is 280 g/mol. The Morgan fingerprint density at radius 2 is 2.05 bits per heavy atom. The number of ether oxygens (including phenoxy) is 1. The number of alkyl carbamates (subject to hydrolysis) is 1. The van der Waals surface area contributed by atoms with E-state index < -0.39 is 6.09 Å². The average molecular weight is 296 g/mol. The number of pyridine rings is 1. The van der Waals surface area contributed by atoms with Crippen LogP contribution < -0.4 is 5.32 Å². The van der Waals surface area contributed by atoms with E-state index in [2.05, 4.69) is 22.1 Å².